The van der Waals surface area contributed by atoms with E-state index in [1.54, 1.807) is 6.07 Å². The number of aromatic amines is 1. The minimum atomic E-state index is 0.186. The van der Waals surface area contributed by atoms with Crippen molar-refractivity contribution >= 4 is 5.69 Å². The maximum absolute atomic E-state index is 8.78. The fourth-order valence-corrected chi connectivity index (χ4v) is 1.18. The lowest BCUT2D eigenvalue weighted by atomic mass is 10.2. The minimum Gasteiger partial charge on any atom is -0.417 e. The van der Waals surface area contributed by atoms with Crippen LogP contribution in [-0.4, -0.2) is 15.2 Å². The topological polar surface area (TPSA) is 101 Å². The number of anilines is 1. The number of H-pyrrole nitrogens is 1. The van der Waals surface area contributed by atoms with Gasteiger partial charge in [0, 0.05) is 18.0 Å². The van der Waals surface area contributed by atoms with E-state index in [1.165, 1.54) is 12.3 Å². The number of ether oxygens (including phenoxy) is 1. The van der Waals surface area contributed by atoms with Gasteiger partial charge in [0.2, 0.25) is 11.8 Å². The van der Waals surface area contributed by atoms with E-state index in [-0.39, 0.29) is 11.6 Å². The van der Waals surface area contributed by atoms with Crippen LogP contribution in [0.2, 0.25) is 0 Å². The van der Waals surface area contributed by atoms with E-state index in [0.717, 1.165) is 5.69 Å². The fraction of sp³-hybridized carbons (Fsp3) is 0.100. The van der Waals surface area contributed by atoms with E-state index in [4.69, 9.17) is 15.7 Å². The molecule has 0 saturated carbocycles. The van der Waals surface area contributed by atoms with Crippen LogP contribution >= 0.6 is 0 Å². The Balaban J connectivity index is 2.32. The average molecular weight is 215 g/mol. The number of rotatable bonds is 2. The van der Waals surface area contributed by atoms with Crippen LogP contribution in [0, 0.1) is 18.3 Å². The molecule has 0 saturated heterocycles. The summed E-state index contributed by atoms with van der Waals surface area (Å²) < 4.78 is 5.34. The summed E-state index contributed by atoms with van der Waals surface area (Å²) in [5.74, 6) is 0.553. The third-order valence-electron chi connectivity index (χ3n) is 1.96. The maximum atomic E-state index is 8.78. The zero-order valence-electron chi connectivity index (χ0n) is 8.56. The van der Waals surface area contributed by atoms with Crippen LogP contribution in [0.3, 0.4) is 0 Å². The molecule has 3 N–H and O–H groups in total. The van der Waals surface area contributed by atoms with Gasteiger partial charge in [-0.25, -0.2) is 4.98 Å². The molecule has 2 heterocycles. The number of aromatic nitrogens is 3. The molecular weight excluding hydrogens is 206 g/mol. The van der Waals surface area contributed by atoms with Crippen LogP contribution in [0.5, 0.6) is 11.8 Å². The molecule has 0 spiro atoms. The molecule has 0 unspecified atom stereocenters. The van der Waals surface area contributed by atoms with Gasteiger partial charge in [-0.1, -0.05) is 0 Å². The Morgan fingerprint density at radius 2 is 2.38 bits per heavy atom. The summed E-state index contributed by atoms with van der Waals surface area (Å²) in [6, 6.07) is 5.19. The van der Waals surface area contributed by atoms with Crippen molar-refractivity contribution in [1.29, 1.82) is 5.26 Å². The lowest BCUT2D eigenvalue weighted by molar-refractivity contribution is 0.446. The van der Waals surface area contributed by atoms with Crippen LogP contribution in [0.4, 0.5) is 5.69 Å². The predicted molar refractivity (Wildman–Crippen MR) is 56.8 cm³/mol. The Morgan fingerprint density at radius 3 is 3.00 bits per heavy atom. The zero-order chi connectivity index (χ0) is 11.5. The van der Waals surface area contributed by atoms with Crippen molar-refractivity contribution < 1.29 is 4.74 Å². The number of hydrogen-bond acceptors (Lipinski definition) is 5. The second-order valence-corrected chi connectivity index (χ2v) is 3.18. The standard InChI is InChI=1S/C10H9N5O/c1-6-4-8(15-14-6)16-10-9(12)7(5-11)2-3-13-10/h2-4H,12H2,1H3,(H,14,15). The average Bonchev–Trinajstić information content (AvgIpc) is 2.67. The van der Waals surface area contributed by atoms with Gasteiger partial charge < -0.3 is 10.5 Å². The molecule has 80 valence electrons. The Hall–Kier alpha value is -2.55. The highest BCUT2D eigenvalue weighted by molar-refractivity contribution is 5.60. The number of aryl methyl sites for hydroxylation is 1. The van der Waals surface area contributed by atoms with Crippen LogP contribution in [-0.2, 0) is 0 Å². The van der Waals surface area contributed by atoms with Crippen molar-refractivity contribution in [3.05, 3.63) is 29.6 Å². The molecule has 0 radical (unpaired) electrons. The van der Waals surface area contributed by atoms with Gasteiger partial charge in [-0.3, -0.25) is 5.10 Å². The fourth-order valence-electron chi connectivity index (χ4n) is 1.18. The van der Waals surface area contributed by atoms with E-state index in [2.05, 4.69) is 15.2 Å². The normalized spacial score (nSPS) is 9.75. The highest BCUT2D eigenvalue weighted by atomic mass is 16.5. The molecule has 0 atom stereocenters. The highest BCUT2D eigenvalue weighted by Crippen LogP contribution is 2.25. The van der Waals surface area contributed by atoms with E-state index >= 15 is 0 Å². The molecule has 0 amide bonds. The van der Waals surface area contributed by atoms with Crippen molar-refractivity contribution in [2.24, 2.45) is 0 Å². The summed E-state index contributed by atoms with van der Waals surface area (Å²) in [5, 5.41) is 15.4. The van der Waals surface area contributed by atoms with Gasteiger partial charge in [0.05, 0.1) is 5.56 Å². The first-order chi connectivity index (χ1) is 7.70. The summed E-state index contributed by atoms with van der Waals surface area (Å²) >= 11 is 0. The SMILES string of the molecule is Cc1cc(Oc2nccc(C#N)c2N)n[nH]1. The highest BCUT2D eigenvalue weighted by Gasteiger charge is 2.09. The van der Waals surface area contributed by atoms with Crippen LogP contribution < -0.4 is 10.5 Å². The molecule has 2 rings (SSSR count). The molecule has 2 aromatic rings. The molecule has 0 aliphatic carbocycles. The first kappa shape index (κ1) is 9.98. The Morgan fingerprint density at radius 1 is 1.56 bits per heavy atom. The first-order valence-corrected chi connectivity index (χ1v) is 4.55. The van der Waals surface area contributed by atoms with Crippen LogP contribution in [0.25, 0.3) is 0 Å². The quantitative estimate of drug-likeness (QED) is 0.787. The molecule has 16 heavy (non-hydrogen) atoms. The summed E-state index contributed by atoms with van der Waals surface area (Å²) in [7, 11) is 0. The second kappa shape index (κ2) is 3.90. The van der Waals surface area contributed by atoms with Crippen molar-refractivity contribution in [2.45, 2.75) is 6.92 Å². The molecule has 6 heteroatoms. The monoisotopic (exact) mass is 215 g/mol. The third-order valence-corrected chi connectivity index (χ3v) is 1.96. The summed E-state index contributed by atoms with van der Waals surface area (Å²) in [4.78, 5) is 3.94. The number of nitrogens with two attached hydrogens (primary N) is 1. The first-order valence-electron chi connectivity index (χ1n) is 4.55. The number of nitriles is 1. The van der Waals surface area contributed by atoms with E-state index in [9.17, 15) is 0 Å². The predicted octanol–water partition coefficient (Wildman–Crippen LogP) is 1.36. The summed E-state index contributed by atoms with van der Waals surface area (Å²) in [6.07, 6.45) is 1.46. The number of pyridine rings is 1. The van der Waals surface area contributed by atoms with Crippen molar-refractivity contribution in [1.82, 2.24) is 15.2 Å². The van der Waals surface area contributed by atoms with Gasteiger partial charge in [0.1, 0.15) is 11.8 Å². The van der Waals surface area contributed by atoms with Gasteiger partial charge in [0.15, 0.2) is 0 Å². The van der Waals surface area contributed by atoms with Gasteiger partial charge in [-0.2, -0.15) is 5.26 Å². The van der Waals surface area contributed by atoms with Crippen molar-refractivity contribution in [3.63, 3.8) is 0 Å². The Labute approximate surface area is 91.7 Å². The maximum Gasteiger partial charge on any atom is 0.245 e. The number of nitrogens with one attached hydrogen (secondary N) is 1. The van der Waals surface area contributed by atoms with Gasteiger partial charge in [-0.05, 0) is 13.0 Å². The van der Waals surface area contributed by atoms with Crippen molar-refractivity contribution in [2.75, 3.05) is 5.73 Å². The lowest BCUT2D eigenvalue weighted by Gasteiger charge is -2.04. The summed E-state index contributed by atoms with van der Waals surface area (Å²) in [6.45, 7) is 1.85. The Bertz CT molecular complexity index is 555. The molecule has 0 fully saturated rings. The van der Waals surface area contributed by atoms with Gasteiger partial charge >= 0.3 is 0 Å². The molecule has 0 aliphatic heterocycles. The van der Waals surface area contributed by atoms with E-state index < -0.39 is 0 Å². The van der Waals surface area contributed by atoms with E-state index in [1.807, 2.05) is 13.0 Å². The van der Waals surface area contributed by atoms with E-state index in [0.29, 0.717) is 11.4 Å². The molecule has 2 aromatic heterocycles. The zero-order valence-corrected chi connectivity index (χ0v) is 8.56. The van der Waals surface area contributed by atoms with Crippen molar-refractivity contribution in [3.8, 4) is 17.8 Å². The second-order valence-electron chi connectivity index (χ2n) is 3.18. The summed E-state index contributed by atoms with van der Waals surface area (Å²) in [5.41, 5.74) is 7.11. The number of nitrogen functional groups attached to an aromatic ring is 1. The molecule has 6 nitrogen and oxygen atoms in total. The molecule has 0 aliphatic rings. The number of hydrogen-bond donors (Lipinski definition) is 2. The smallest absolute Gasteiger partial charge is 0.245 e. The largest absolute Gasteiger partial charge is 0.417 e. The van der Waals surface area contributed by atoms with Gasteiger partial charge in [-0.15, -0.1) is 5.10 Å². The molecule has 0 aromatic carbocycles. The lowest BCUT2D eigenvalue weighted by Crippen LogP contribution is -1.97. The third kappa shape index (κ3) is 1.79. The minimum absolute atomic E-state index is 0.186. The van der Waals surface area contributed by atoms with Crippen LogP contribution in [0.1, 0.15) is 11.3 Å². The molecule has 0 bridgehead atoms. The van der Waals surface area contributed by atoms with Gasteiger partial charge in [0.25, 0.3) is 0 Å². The Kier molecular flexibility index (Phi) is 2.44. The number of nitrogens with zero attached hydrogens (tertiary/aromatic N) is 3. The van der Waals surface area contributed by atoms with Crippen LogP contribution in [0.15, 0.2) is 18.3 Å². The molecular formula is C10H9N5O.